The number of carbonyl (C=O) groups excluding carboxylic acids is 2. The summed E-state index contributed by atoms with van der Waals surface area (Å²) in [6.07, 6.45) is 5.24. The highest BCUT2D eigenvalue weighted by Crippen LogP contribution is 2.34. The first-order valence-electron chi connectivity index (χ1n) is 10.5. The molecule has 3 fully saturated rings. The monoisotopic (exact) mass is 399 g/mol. The van der Waals surface area contributed by atoms with Gasteiger partial charge in [-0.05, 0) is 48.9 Å². The first-order valence-corrected chi connectivity index (χ1v) is 10.5. The molecule has 4 heterocycles. The molecule has 2 aromatic rings. The quantitative estimate of drug-likeness (QED) is 0.800. The van der Waals surface area contributed by atoms with E-state index in [1.165, 1.54) is 17.7 Å². The maximum atomic E-state index is 13.4. The van der Waals surface area contributed by atoms with E-state index in [1.54, 1.807) is 0 Å². The number of hydrogen-bond acceptors (Lipinski definition) is 3. The molecular formula is C22H26FN3O3. The first-order chi connectivity index (χ1) is 14.1. The second kappa shape index (κ2) is 7.44. The number of fused-ring (bicyclic) bond motifs is 2. The van der Waals surface area contributed by atoms with Gasteiger partial charge in [0.25, 0.3) is 0 Å². The van der Waals surface area contributed by atoms with Crippen LogP contribution in [-0.2, 0) is 9.53 Å². The van der Waals surface area contributed by atoms with Crippen molar-refractivity contribution in [1.82, 2.24) is 14.8 Å². The van der Waals surface area contributed by atoms with E-state index in [2.05, 4.69) is 4.98 Å². The molecule has 2 amide bonds. The van der Waals surface area contributed by atoms with E-state index in [1.807, 2.05) is 22.1 Å². The van der Waals surface area contributed by atoms with Gasteiger partial charge < -0.3 is 19.5 Å². The summed E-state index contributed by atoms with van der Waals surface area (Å²) < 4.78 is 19.1. The molecule has 0 bridgehead atoms. The Morgan fingerprint density at radius 2 is 1.93 bits per heavy atom. The molecule has 6 nitrogen and oxygen atoms in total. The highest BCUT2D eigenvalue weighted by Gasteiger charge is 2.38. The van der Waals surface area contributed by atoms with Crippen molar-refractivity contribution in [2.45, 2.75) is 37.7 Å². The lowest BCUT2D eigenvalue weighted by Crippen LogP contribution is -2.54. The largest absolute Gasteiger partial charge is 0.370 e. The zero-order valence-electron chi connectivity index (χ0n) is 16.4. The van der Waals surface area contributed by atoms with E-state index in [0.29, 0.717) is 25.4 Å². The number of aromatic amines is 1. The summed E-state index contributed by atoms with van der Waals surface area (Å²) in [5.74, 6) is 0.409. The number of likely N-dealkylation sites (tertiary alicyclic amines) is 2. The number of H-pyrrole nitrogens is 1. The van der Waals surface area contributed by atoms with Crippen LogP contribution in [0.2, 0.25) is 0 Å². The van der Waals surface area contributed by atoms with E-state index in [-0.39, 0.29) is 36.3 Å². The van der Waals surface area contributed by atoms with Gasteiger partial charge in [0.2, 0.25) is 0 Å². The van der Waals surface area contributed by atoms with E-state index < -0.39 is 0 Å². The predicted octanol–water partition coefficient (Wildman–Crippen LogP) is 3.29. The summed E-state index contributed by atoms with van der Waals surface area (Å²) in [5, 5.41) is 1.07. The number of nitrogens with zero attached hydrogens (tertiary/aromatic N) is 2. The standard InChI is InChI=1S/C22H26FN3O3/c23-16-1-2-18-19(11-24-20(18)10-16)14-3-6-25(7-4-14)22(28)26-8-5-21-15(12-26)9-17(27)13-29-21/h1-2,10-11,14-15,21,24H,3-9,12-13H2/t15-,21+/m1/s1. The van der Waals surface area contributed by atoms with E-state index in [4.69, 9.17) is 4.74 Å². The van der Waals surface area contributed by atoms with Gasteiger partial charge in [-0.15, -0.1) is 0 Å². The van der Waals surface area contributed by atoms with Crippen molar-refractivity contribution in [2.75, 3.05) is 32.8 Å². The van der Waals surface area contributed by atoms with Gasteiger partial charge in [-0.25, -0.2) is 9.18 Å². The van der Waals surface area contributed by atoms with Crippen molar-refractivity contribution in [2.24, 2.45) is 5.92 Å². The fourth-order valence-corrected chi connectivity index (χ4v) is 5.19. The van der Waals surface area contributed by atoms with E-state index in [9.17, 15) is 14.0 Å². The number of ketones is 1. The molecule has 0 spiro atoms. The molecule has 0 aliphatic carbocycles. The molecule has 3 aliphatic rings. The molecule has 1 aromatic carbocycles. The van der Waals surface area contributed by atoms with Gasteiger partial charge in [0, 0.05) is 55.6 Å². The lowest BCUT2D eigenvalue weighted by atomic mass is 9.87. The molecule has 0 unspecified atom stereocenters. The van der Waals surface area contributed by atoms with Crippen molar-refractivity contribution in [1.29, 1.82) is 0 Å². The summed E-state index contributed by atoms with van der Waals surface area (Å²) in [5.41, 5.74) is 2.04. The van der Waals surface area contributed by atoms with Crippen LogP contribution in [0.15, 0.2) is 24.4 Å². The molecule has 1 N–H and O–H groups in total. The van der Waals surface area contributed by atoms with Crippen molar-refractivity contribution >= 4 is 22.7 Å². The van der Waals surface area contributed by atoms with Crippen LogP contribution in [0.1, 0.15) is 37.2 Å². The van der Waals surface area contributed by atoms with Crippen LogP contribution in [0.4, 0.5) is 9.18 Å². The molecule has 3 saturated heterocycles. The van der Waals surface area contributed by atoms with Crippen LogP contribution in [0.5, 0.6) is 0 Å². The number of ether oxygens (including phenoxy) is 1. The lowest BCUT2D eigenvalue weighted by molar-refractivity contribution is -0.139. The number of hydrogen-bond donors (Lipinski definition) is 1. The third-order valence-corrected chi connectivity index (χ3v) is 6.76. The molecule has 0 radical (unpaired) electrons. The Bertz CT molecular complexity index is 935. The lowest BCUT2D eigenvalue weighted by Gasteiger charge is -2.43. The number of halogens is 1. The van der Waals surface area contributed by atoms with Gasteiger partial charge in [-0.2, -0.15) is 0 Å². The van der Waals surface area contributed by atoms with Crippen LogP contribution >= 0.6 is 0 Å². The van der Waals surface area contributed by atoms with Gasteiger partial charge in [0.15, 0.2) is 5.78 Å². The van der Waals surface area contributed by atoms with Gasteiger partial charge in [-0.3, -0.25) is 4.79 Å². The molecular weight excluding hydrogens is 373 g/mol. The number of urea groups is 1. The van der Waals surface area contributed by atoms with Crippen molar-refractivity contribution in [3.05, 3.63) is 35.8 Å². The normalized spacial score (nSPS) is 26.0. The Balaban J connectivity index is 1.21. The van der Waals surface area contributed by atoms with Gasteiger partial charge in [0.05, 0.1) is 6.10 Å². The molecule has 5 rings (SSSR count). The smallest absolute Gasteiger partial charge is 0.320 e. The second-order valence-corrected chi connectivity index (χ2v) is 8.56. The number of aromatic nitrogens is 1. The Kier molecular flexibility index (Phi) is 4.78. The Morgan fingerprint density at radius 3 is 2.76 bits per heavy atom. The topological polar surface area (TPSA) is 65.6 Å². The van der Waals surface area contributed by atoms with Crippen molar-refractivity contribution in [3.8, 4) is 0 Å². The first kappa shape index (κ1) is 18.6. The highest BCUT2D eigenvalue weighted by atomic mass is 19.1. The maximum Gasteiger partial charge on any atom is 0.320 e. The number of rotatable bonds is 1. The summed E-state index contributed by atoms with van der Waals surface area (Å²) in [6.45, 7) is 2.98. The molecule has 2 atom stereocenters. The molecule has 7 heteroatoms. The Morgan fingerprint density at radius 1 is 1.14 bits per heavy atom. The molecule has 0 saturated carbocycles. The fraction of sp³-hybridized carbons (Fsp3) is 0.545. The average Bonchev–Trinajstić information content (AvgIpc) is 3.15. The van der Waals surface area contributed by atoms with Crippen molar-refractivity contribution < 1.29 is 18.7 Å². The molecule has 1 aromatic heterocycles. The highest BCUT2D eigenvalue weighted by molar-refractivity contribution is 5.84. The zero-order chi connectivity index (χ0) is 20.0. The number of piperidine rings is 2. The number of amides is 2. The van der Waals surface area contributed by atoms with E-state index >= 15 is 0 Å². The van der Waals surface area contributed by atoms with Crippen LogP contribution in [0, 0.1) is 11.7 Å². The minimum atomic E-state index is -0.236. The predicted molar refractivity (Wildman–Crippen MR) is 106 cm³/mol. The Hall–Kier alpha value is -2.41. The Labute approximate surface area is 169 Å². The second-order valence-electron chi connectivity index (χ2n) is 8.56. The van der Waals surface area contributed by atoms with Gasteiger partial charge >= 0.3 is 6.03 Å². The zero-order valence-corrected chi connectivity index (χ0v) is 16.4. The van der Waals surface area contributed by atoms with Gasteiger partial charge in [-0.1, -0.05) is 0 Å². The van der Waals surface area contributed by atoms with Crippen LogP contribution < -0.4 is 0 Å². The third kappa shape index (κ3) is 3.52. The summed E-state index contributed by atoms with van der Waals surface area (Å²) in [4.78, 5) is 31.7. The molecule has 29 heavy (non-hydrogen) atoms. The summed E-state index contributed by atoms with van der Waals surface area (Å²) >= 11 is 0. The van der Waals surface area contributed by atoms with Crippen LogP contribution in [0.3, 0.4) is 0 Å². The summed E-state index contributed by atoms with van der Waals surface area (Å²) in [6, 6.07) is 4.95. The number of nitrogens with one attached hydrogen (secondary N) is 1. The van der Waals surface area contributed by atoms with E-state index in [0.717, 1.165) is 43.3 Å². The van der Waals surface area contributed by atoms with Crippen LogP contribution in [-0.4, -0.2) is 65.5 Å². The average molecular weight is 399 g/mol. The van der Waals surface area contributed by atoms with Crippen molar-refractivity contribution in [3.63, 3.8) is 0 Å². The third-order valence-electron chi connectivity index (χ3n) is 6.76. The minimum absolute atomic E-state index is 0.0842. The number of carbonyl (C=O) groups is 2. The number of Topliss-reactive ketones (excluding diaryl/α,β-unsaturated/α-hetero) is 1. The summed E-state index contributed by atoms with van der Waals surface area (Å²) in [7, 11) is 0. The number of benzene rings is 1. The maximum absolute atomic E-state index is 13.4. The molecule has 3 aliphatic heterocycles. The van der Waals surface area contributed by atoms with Gasteiger partial charge in [0.1, 0.15) is 12.4 Å². The van der Waals surface area contributed by atoms with Crippen LogP contribution in [0.25, 0.3) is 10.9 Å². The SMILES string of the molecule is O=C1CO[C@H]2CCN(C(=O)N3CCC(c4c[nH]c5cc(F)ccc45)CC3)C[C@H]2C1. The minimum Gasteiger partial charge on any atom is -0.370 e. The fourth-order valence-electron chi connectivity index (χ4n) is 5.19. The molecule has 154 valence electrons.